The van der Waals surface area contributed by atoms with Gasteiger partial charge in [-0.3, -0.25) is 9.59 Å². The molecule has 4 heteroatoms. The van der Waals surface area contributed by atoms with Crippen molar-refractivity contribution in [3.63, 3.8) is 0 Å². The van der Waals surface area contributed by atoms with Gasteiger partial charge in [-0.2, -0.15) is 0 Å². The van der Waals surface area contributed by atoms with E-state index in [0.29, 0.717) is 12.5 Å². The van der Waals surface area contributed by atoms with Crippen LogP contribution in [0.25, 0.3) is 0 Å². The van der Waals surface area contributed by atoms with Crippen LogP contribution < -0.4 is 5.32 Å². The fourth-order valence-corrected chi connectivity index (χ4v) is 4.42. The number of piperazine rings is 1. The topological polar surface area (TPSA) is 49.4 Å². The number of nitrogens with one attached hydrogen (secondary N) is 1. The van der Waals surface area contributed by atoms with Crippen molar-refractivity contribution in [2.75, 3.05) is 0 Å². The van der Waals surface area contributed by atoms with Crippen molar-refractivity contribution in [1.82, 2.24) is 10.2 Å². The van der Waals surface area contributed by atoms with Crippen LogP contribution in [0.3, 0.4) is 0 Å². The zero-order valence-corrected chi connectivity index (χ0v) is 12.5. The first-order chi connectivity index (χ1) is 9.69. The summed E-state index contributed by atoms with van der Waals surface area (Å²) in [6, 6.07) is 0.0105. The lowest BCUT2D eigenvalue weighted by molar-refractivity contribution is -0.164. The van der Waals surface area contributed by atoms with Crippen LogP contribution in [0.15, 0.2) is 0 Å². The molecule has 0 bridgehead atoms. The van der Waals surface area contributed by atoms with Crippen molar-refractivity contribution in [3.8, 4) is 0 Å². The molecule has 1 spiro atoms. The number of amides is 2. The van der Waals surface area contributed by atoms with E-state index in [1.54, 1.807) is 0 Å². The van der Waals surface area contributed by atoms with Crippen LogP contribution in [-0.2, 0) is 9.59 Å². The molecule has 1 atom stereocenters. The Labute approximate surface area is 121 Å². The lowest BCUT2D eigenvalue weighted by Gasteiger charge is -2.52. The summed E-state index contributed by atoms with van der Waals surface area (Å²) >= 11 is 0. The third-order valence-corrected chi connectivity index (χ3v) is 5.50. The number of rotatable bonds is 2. The molecule has 0 aromatic rings. The largest absolute Gasteiger partial charge is 0.342 e. The molecule has 0 radical (unpaired) electrons. The highest BCUT2D eigenvalue weighted by Gasteiger charge is 2.54. The number of hydrogen-bond donors (Lipinski definition) is 1. The molecule has 3 fully saturated rings. The maximum atomic E-state index is 12.9. The molecule has 3 aliphatic rings. The summed E-state index contributed by atoms with van der Waals surface area (Å²) in [6.45, 7) is 1.98. The van der Waals surface area contributed by atoms with E-state index in [1.807, 2.05) is 11.8 Å². The van der Waals surface area contributed by atoms with E-state index >= 15 is 0 Å². The third kappa shape index (κ3) is 2.04. The van der Waals surface area contributed by atoms with E-state index in [-0.39, 0.29) is 17.9 Å². The number of nitrogens with zero attached hydrogens (tertiary/aromatic N) is 1. The molecule has 1 N–H and O–H groups in total. The number of hydrogen-bond acceptors (Lipinski definition) is 2. The highest BCUT2D eigenvalue weighted by molar-refractivity contribution is 6.00. The van der Waals surface area contributed by atoms with Crippen molar-refractivity contribution in [3.05, 3.63) is 0 Å². The summed E-state index contributed by atoms with van der Waals surface area (Å²) in [4.78, 5) is 27.7. The Balaban J connectivity index is 1.95. The van der Waals surface area contributed by atoms with Crippen molar-refractivity contribution >= 4 is 11.8 Å². The molecule has 3 rings (SSSR count). The van der Waals surface area contributed by atoms with E-state index in [4.69, 9.17) is 0 Å². The van der Waals surface area contributed by atoms with Crippen molar-refractivity contribution in [1.29, 1.82) is 0 Å². The van der Waals surface area contributed by atoms with E-state index in [2.05, 4.69) is 5.32 Å². The molecule has 1 saturated heterocycles. The van der Waals surface area contributed by atoms with Crippen LogP contribution in [0.5, 0.6) is 0 Å². The maximum Gasteiger partial charge on any atom is 0.246 e. The number of carbonyl (C=O) groups excluding carboxylic acids is 2. The monoisotopic (exact) mass is 278 g/mol. The lowest BCUT2D eigenvalue weighted by Crippen LogP contribution is -2.72. The zero-order chi connectivity index (χ0) is 14.2. The van der Waals surface area contributed by atoms with E-state index in [9.17, 15) is 9.59 Å². The molecule has 2 saturated carbocycles. The van der Waals surface area contributed by atoms with Crippen LogP contribution in [-0.4, -0.2) is 34.3 Å². The van der Waals surface area contributed by atoms with Crippen LogP contribution >= 0.6 is 0 Å². The first-order valence-electron chi connectivity index (χ1n) is 8.33. The minimum Gasteiger partial charge on any atom is -0.342 e. The molecule has 2 amide bonds. The van der Waals surface area contributed by atoms with Gasteiger partial charge in [-0.05, 0) is 32.1 Å². The predicted octanol–water partition coefficient (Wildman–Crippen LogP) is 2.37. The Bertz CT molecular complexity index is 395. The predicted molar refractivity (Wildman–Crippen MR) is 77.1 cm³/mol. The maximum absolute atomic E-state index is 12.9. The van der Waals surface area contributed by atoms with E-state index in [1.165, 1.54) is 19.3 Å². The van der Waals surface area contributed by atoms with Gasteiger partial charge >= 0.3 is 0 Å². The fraction of sp³-hybridized carbons (Fsp3) is 0.875. The lowest BCUT2D eigenvalue weighted by atomic mass is 9.76. The van der Waals surface area contributed by atoms with Gasteiger partial charge in [0.25, 0.3) is 0 Å². The van der Waals surface area contributed by atoms with Crippen LogP contribution in [0.1, 0.15) is 71.1 Å². The Hall–Kier alpha value is -1.06. The third-order valence-electron chi connectivity index (χ3n) is 5.50. The Morgan fingerprint density at radius 2 is 1.75 bits per heavy atom. The molecule has 1 heterocycles. The fourth-order valence-electron chi connectivity index (χ4n) is 4.42. The van der Waals surface area contributed by atoms with Crippen molar-refractivity contribution in [2.45, 2.75) is 88.8 Å². The van der Waals surface area contributed by atoms with E-state index in [0.717, 1.165) is 38.5 Å². The van der Waals surface area contributed by atoms with Gasteiger partial charge in [0.15, 0.2) is 0 Å². The van der Waals surface area contributed by atoms with Gasteiger partial charge < -0.3 is 10.2 Å². The first kappa shape index (κ1) is 13.9. The van der Waals surface area contributed by atoms with Crippen molar-refractivity contribution < 1.29 is 9.59 Å². The smallest absolute Gasteiger partial charge is 0.246 e. The second kappa shape index (κ2) is 5.38. The minimum atomic E-state index is -0.518. The molecule has 0 aromatic heterocycles. The van der Waals surface area contributed by atoms with Crippen LogP contribution in [0, 0.1) is 0 Å². The molecule has 1 unspecified atom stereocenters. The summed E-state index contributed by atoms with van der Waals surface area (Å²) in [5.74, 6) is 0.302. The first-order valence-corrected chi connectivity index (χ1v) is 8.33. The zero-order valence-electron chi connectivity index (χ0n) is 12.5. The summed E-state index contributed by atoms with van der Waals surface area (Å²) in [6.07, 6.45) is 10.3. The highest BCUT2D eigenvalue weighted by Crippen LogP contribution is 2.41. The second-order valence-corrected chi connectivity index (χ2v) is 6.67. The SMILES string of the molecule is CCC1NC(=O)C2(CCCCC2)N(C2CCCC2)C1=O. The van der Waals surface area contributed by atoms with Gasteiger partial charge in [-0.1, -0.05) is 39.0 Å². The van der Waals surface area contributed by atoms with E-state index < -0.39 is 5.54 Å². The standard InChI is InChI=1S/C16H26N2O2/c1-2-13-14(19)18(12-8-4-5-9-12)16(15(20)17-13)10-6-3-7-11-16/h12-13H,2-11H2,1H3,(H,17,20). The molecule has 4 nitrogen and oxygen atoms in total. The summed E-state index contributed by atoms with van der Waals surface area (Å²) in [5.41, 5.74) is -0.518. The van der Waals surface area contributed by atoms with Gasteiger partial charge in [-0.15, -0.1) is 0 Å². The summed E-state index contributed by atoms with van der Waals surface area (Å²) < 4.78 is 0. The second-order valence-electron chi connectivity index (χ2n) is 6.67. The molecule has 1 aliphatic heterocycles. The minimum absolute atomic E-state index is 0.121. The molecule has 112 valence electrons. The molecular formula is C16H26N2O2. The molecule has 0 aromatic carbocycles. The summed E-state index contributed by atoms with van der Waals surface area (Å²) in [7, 11) is 0. The van der Waals surface area contributed by atoms with Crippen LogP contribution in [0.4, 0.5) is 0 Å². The van der Waals surface area contributed by atoms with Crippen molar-refractivity contribution in [2.24, 2.45) is 0 Å². The highest BCUT2D eigenvalue weighted by atomic mass is 16.2. The van der Waals surface area contributed by atoms with Gasteiger partial charge in [-0.25, -0.2) is 0 Å². The van der Waals surface area contributed by atoms with Gasteiger partial charge in [0.2, 0.25) is 11.8 Å². The molecule has 20 heavy (non-hydrogen) atoms. The number of carbonyl (C=O) groups is 2. The average molecular weight is 278 g/mol. The molecule has 2 aliphatic carbocycles. The quantitative estimate of drug-likeness (QED) is 0.843. The Morgan fingerprint density at radius 1 is 1.10 bits per heavy atom. The Morgan fingerprint density at radius 3 is 2.35 bits per heavy atom. The van der Waals surface area contributed by atoms with Gasteiger partial charge in [0.1, 0.15) is 11.6 Å². The average Bonchev–Trinajstić information content (AvgIpc) is 2.98. The van der Waals surface area contributed by atoms with Gasteiger partial charge in [0.05, 0.1) is 0 Å². The van der Waals surface area contributed by atoms with Gasteiger partial charge in [0, 0.05) is 6.04 Å². The van der Waals surface area contributed by atoms with Crippen LogP contribution in [0.2, 0.25) is 0 Å². The Kier molecular flexibility index (Phi) is 3.74. The normalized spacial score (nSPS) is 30.9. The molecular weight excluding hydrogens is 252 g/mol. The summed E-state index contributed by atoms with van der Waals surface area (Å²) in [5, 5.41) is 3.00.